The van der Waals surface area contributed by atoms with E-state index in [1.54, 1.807) is 13.0 Å². The molecule has 1 unspecified atom stereocenters. The first-order chi connectivity index (χ1) is 6.67. The van der Waals surface area contributed by atoms with Crippen LogP contribution in [0.25, 0.3) is 0 Å². The molecule has 2 nitrogen and oxygen atoms in total. The van der Waals surface area contributed by atoms with Gasteiger partial charge in [-0.15, -0.1) is 11.6 Å². The Bertz CT molecular complexity index is 362. The third-order valence-corrected chi connectivity index (χ3v) is 2.43. The molecule has 74 valence electrons. The molecule has 0 N–H and O–H groups in total. The molecule has 0 fully saturated rings. The smallest absolute Gasteiger partial charge is 0.181 e. The van der Waals surface area contributed by atoms with Gasteiger partial charge in [-0.2, -0.15) is 5.26 Å². The molecule has 0 aromatic heterocycles. The Hall–Kier alpha value is -0.720. The standard InChI is InChI=1S/C10H9BrClNO/c1-7(6-13)14-10-3-2-9(11)4-8(10)5-12/h2-4,7H,5H2,1H3. The van der Waals surface area contributed by atoms with Gasteiger partial charge in [-0.25, -0.2) is 0 Å². The van der Waals surface area contributed by atoms with Crippen molar-refractivity contribution in [2.75, 3.05) is 0 Å². The van der Waals surface area contributed by atoms with Gasteiger partial charge in [-0.3, -0.25) is 0 Å². The van der Waals surface area contributed by atoms with E-state index in [0.717, 1.165) is 10.0 Å². The fourth-order valence-electron chi connectivity index (χ4n) is 0.984. The molecule has 1 atom stereocenters. The first kappa shape index (κ1) is 11.4. The minimum absolute atomic E-state index is 0.368. The summed E-state index contributed by atoms with van der Waals surface area (Å²) in [6.07, 6.45) is -0.460. The van der Waals surface area contributed by atoms with Crippen LogP contribution in [0.2, 0.25) is 0 Å². The van der Waals surface area contributed by atoms with E-state index in [9.17, 15) is 0 Å². The molecule has 0 spiro atoms. The highest BCUT2D eigenvalue weighted by atomic mass is 79.9. The maximum Gasteiger partial charge on any atom is 0.181 e. The topological polar surface area (TPSA) is 33.0 Å². The van der Waals surface area contributed by atoms with Crippen LogP contribution in [0.5, 0.6) is 5.75 Å². The summed E-state index contributed by atoms with van der Waals surface area (Å²) < 4.78 is 6.32. The number of alkyl halides is 1. The molecule has 14 heavy (non-hydrogen) atoms. The molecule has 0 aliphatic rings. The Labute approximate surface area is 96.6 Å². The van der Waals surface area contributed by atoms with E-state index in [1.807, 2.05) is 18.2 Å². The second-order valence-electron chi connectivity index (χ2n) is 2.77. The van der Waals surface area contributed by atoms with Crippen molar-refractivity contribution in [1.82, 2.24) is 0 Å². The maximum atomic E-state index is 8.60. The fraction of sp³-hybridized carbons (Fsp3) is 0.300. The lowest BCUT2D eigenvalue weighted by molar-refractivity contribution is 0.274. The predicted octanol–water partition coefficient (Wildman–Crippen LogP) is 3.48. The predicted molar refractivity (Wildman–Crippen MR) is 59.4 cm³/mol. The molecular formula is C10H9BrClNO. The number of hydrogen-bond donors (Lipinski definition) is 0. The highest BCUT2D eigenvalue weighted by Crippen LogP contribution is 2.25. The molecule has 0 heterocycles. The maximum absolute atomic E-state index is 8.60. The summed E-state index contributed by atoms with van der Waals surface area (Å²) in [4.78, 5) is 0. The van der Waals surface area contributed by atoms with Crippen LogP contribution in [0.4, 0.5) is 0 Å². The monoisotopic (exact) mass is 273 g/mol. The summed E-state index contributed by atoms with van der Waals surface area (Å²) in [6.45, 7) is 1.69. The summed E-state index contributed by atoms with van der Waals surface area (Å²) in [5, 5.41) is 8.60. The summed E-state index contributed by atoms with van der Waals surface area (Å²) in [5.41, 5.74) is 0.878. The van der Waals surface area contributed by atoms with Gasteiger partial charge in [0.2, 0.25) is 0 Å². The van der Waals surface area contributed by atoms with Crippen LogP contribution in [0.3, 0.4) is 0 Å². The Morgan fingerprint density at radius 3 is 2.93 bits per heavy atom. The van der Waals surface area contributed by atoms with E-state index in [2.05, 4.69) is 15.9 Å². The summed E-state index contributed by atoms with van der Waals surface area (Å²) in [5.74, 6) is 1.03. The van der Waals surface area contributed by atoms with E-state index in [0.29, 0.717) is 11.6 Å². The van der Waals surface area contributed by atoms with Gasteiger partial charge < -0.3 is 4.74 Å². The average molecular weight is 275 g/mol. The number of nitriles is 1. The number of benzene rings is 1. The van der Waals surface area contributed by atoms with Crippen molar-refractivity contribution in [3.63, 3.8) is 0 Å². The third-order valence-electron chi connectivity index (χ3n) is 1.65. The van der Waals surface area contributed by atoms with Gasteiger partial charge in [0.05, 0.1) is 5.88 Å². The fourth-order valence-corrected chi connectivity index (χ4v) is 1.60. The molecule has 4 heteroatoms. The van der Waals surface area contributed by atoms with Gasteiger partial charge in [0.25, 0.3) is 0 Å². The molecule has 0 saturated carbocycles. The molecule has 0 amide bonds. The Balaban J connectivity index is 2.92. The van der Waals surface area contributed by atoms with E-state index in [-0.39, 0.29) is 0 Å². The summed E-state index contributed by atoms with van der Waals surface area (Å²) in [6, 6.07) is 7.54. The van der Waals surface area contributed by atoms with Gasteiger partial charge in [-0.05, 0) is 25.1 Å². The Morgan fingerprint density at radius 1 is 1.64 bits per heavy atom. The normalized spacial score (nSPS) is 11.9. The second-order valence-corrected chi connectivity index (χ2v) is 3.96. The first-order valence-corrected chi connectivity index (χ1v) is 5.40. The molecule has 0 aliphatic carbocycles. The van der Waals surface area contributed by atoms with Crippen LogP contribution in [-0.2, 0) is 5.88 Å². The van der Waals surface area contributed by atoms with Gasteiger partial charge in [-0.1, -0.05) is 15.9 Å². The lowest BCUT2D eigenvalue weighted by atomic mass is 10.2. The number of hydrogen-bond acceptors (Lipinski definition) is 2. The van der Waals surface area contributed by atoms with Crippen LogP contribution >= 0.6 is 27.5 Å². The minimum Gasteiger partial charge on any atom is -0.476 e. The Kier molecular flexibility index (Phi) is 4.24. The molecule has 0 aliphatic heterocycles. The zero-order valence-corrected chi connectivity index (χ0v) is 9.97. The van der Waals surface area contributed by atoms with Crippen molar-refractivity contribution >= 4 is 27.5 Å². The molecule has 1 aromatic rings. The third kappa shape index (κ3) is 2.90. The van der Waals surface area contributed by atoms with E-state index in [1.165, 1.54) is 0 Å². The second kappa shape index (κ2) is 5.23. The van der Waals surface area contributed by atoms with Crippen LogP contribution in [0, 0.1) is 11.3 Å². The largest absolute Gasteiger partial charge is 0.476 e. The summed E-state index contributed by atoms with van der Waals surface area (Å²) in [7, 11) is 0. The zero-order valence-electron chi connectivity index (χ0n) is 7.63. The van der Waals surface area contributed by atoms with Crippen LogP contribution in [-0.4, -0.2) is 6.10 Å². The molecule has 0 bridgehead atoms. The molecule has 0 saturated heterocycles. The highest BCUT2D eigenvalue weighted by Gasteiger charge is 2.07. The van der Waals surface area contributed by atoms with Crippen LogP contribution in [0.15, 0.2) is 22.7 Å². The minimum atomic E-state index is -0.460. The molecule has 1 aromatic carbocycles. The van der Waals surface area contributed by atoms with Crippen molar-refractivity contribution in [3.05, 3.63) is 28.2 Å². The van der Waals surface area contributed by atoms with Crippen LogP contribution in [0.1, 0.15) is 12.5 Å². The SMILES string of the molecule is CC(C#N)Oc1ccc(Br)cc1CCl. The van der Waals surface area contributed by atoms with Crippen molar-refractivity contribution in [3.8, 4) is 11.8 Å². The van der Waals surface area contributed by atoms with Crippen molar-refractivity contribution in [2.24, 2.45) is 0 Å². The molecule has 1 rings (SSSR count). The quantitative estimate of drug-likeness (QED) is 0.791. The van der Waals surface area contributed by atoms with Crippen molar-refractivity contribution in [2.45, 2.75) is 18.9 Å². The van der Waals surface area contributed by atoms with Gasteiger partial charge in [0.15, 0.2) is 6.10 Å². The number of halogens is 2. The van der Waals surface area contributed by atoms with Gasteiger partial charge >= 0.3 is 0 Å². The lowest BCUT2D eigenvalue weighted by Gasteiger charge is -2.11. The first-order valence-electron chi connectivity index (χ1n) is 4.08. The van der Waals surface area contributed by atoms with Crippen molar-refractivity contribution in [1.29, 1.82) is 5.26 Å². The Morgan fingerprint density at radius 2 is 2.36 bits per heavy atom. The zero-order chi connectivity index (χ0) is 10.6. The van der Waals surface area contributed by atoms with Gasteiger partial charge in [0.1, 0.15) is 11.8 Å². The van der Waals surface area contributed by atoms with Gasteiger partial charge in [0, 0.05) is 10.0 Å². The lowest BCUT2D eigenvalue weighted by Crippen LogP contribution is -2.09. The van der Waals surface area contributed by atoms with Crippen molar-refractivity contribution < 1.29 is 4.74 Å². The number of nitrogens with zero attached hydrogens (tertiary/aromatic N) is 1. The van der Waals surface area contributed by atoms with E-state index >= 15 is 0 Å². The highest BCUT2D eigenvalue weighted by molar-refractivity contribution is 9.10. The molecule has 0 radical (unpaired) electrons. The van der Waals surface area contributed by atoms with E-state index < -0.39 is 6.10 Å². The number of ether oxygens (including phenoxy) is 1. The summed E-state index contributed by atoms with van der Waals surface area (Å²) >= 11 is 9.09. The van der Waals surface area contributed by atoms with E-state index in [4.69, 9.17) is 21.6 Å². The average Bonchev–Trinajstić information content (AvgIpc) is 2.20. The molecular weight excluding hydrogens is 265 g/mol. The number of rotatable bonds is 3. The van der Waals surface area contributed by atoms with Crippen LogP contribution < -0.4 is 4.74 Å².